The minimum Gasteiger partial charge on any atom is -0.315 e. The molecule has 0 radical (unpaired) electrons. The SMILES string of the molecule is CNC(C)CN1C(=O)CNCC1=O. The van der Waals surface area contributed by atoms with Crippen LogP contribution in [-0.4, -0.2) is 49.4 Å². The Morgan fingerprint density at radius 1 is 1.46 bits per heavy atom. The van der Waals surface area contributed by atoms with Crippen LogP contribution in [0.25, 0.3) is 0 Å². The summed E-state index contributed by atoms with van der Waals surface area (Å²) in [7, 11) is 1.81. The molecule has 0 spiro atoms. The number of carbonyl (C=O) groups excluding carboxylic acids is 2. The van der Waals surface area contributed by atoms with Crippen LogP contribution in [0.15, 0.2) is 0 Å². The number of hydrogen-bond donors (Lipinski definition) is 2. The summed E-state index contributed by atoms with van der Waals surface area (Å²) in [6.07, 6.45) is 0. The van der Waals surface area contributed by atoms with E-state index < -0.39 is 0 Å². The molecular formula is C8H15N3O2. The lowest BCUT2D eigenvalue weighted by atomic mass is 10.2. The third-order valence-corrected chi connectivity index (χ3v) is 2.10. The highest BCUT2D eigenvalue weighted by Gasteiger charge is 2.26. The van der Waals surface area contributed by atoms with E-state index in [9.17, 15) is 9.59 Å². The van der Waals surface area contributed by atoms with Gasteiger partial charge in [0.15, 0.2) is 0 Å². The van der Waals surface area contributed by atoms with Gasteiger partial charge in [0.1, 0.15) is 0 Å². The third kappa shape index (κ3) is 2.50. The first-order chi connectivity index (χ1) is 6.15. The molecule has 0 aromatic rings. The van der Waals surface area contributed by atoms with Crippen molar-refractivity contribution < 1.29 is 9.59 Å². The summed E-state index contributed by atoms with van der Waals surface area (Å²) in [5.41, 5.74) is 0. The number of amides is 2. The Hall–Kier alpha value is -0.940. The van der Waals surface area contributed by atoms with Gasteiger partial charge in [0.25, 0.3) is 0 Å². The normalized spacial score (nSPS) is 20.6. The van der Waals surface area contributed by atoms with Gasteiger partial charge in [-0.05, 0) is 14.0 Å². The van der Waals surface area contributed by atoms with E-state index in [1.807, 2.05) is 14.0 Å². The fourth-order valence-electron chi connectivity index (χ4n) is 1.18. The summed E-state index contributed by atoms with van der Waals surface area (Å²) < 4.78 is 0. The third-order valence-electron chi connectivity index (χ3n) is 2.10. The van der Waals surface area contributed by atoms with Gasteiger partial charge in [-0.2, -0.15) is 0 Å². The van der Waals surface area contributed by atoms with E-state index >= 15 is 0 Å². The maximum atomic E-state index is 11.3. The molecule has 2 N–H and O–H groups in total. The van der Waals surface area contributed by atoms with Gasteiger partial charge in [0.2, 0.25) is 11.8 Å². The van der Waals surface area contributed by atoms with E-state index in [1.165, 1.54) is 4.90 Å². The smallest absolute Gasteiger partial charge is 0.243 e. The van der Waals surface area contributed by atoms with E-state index in [-0.39, 0.29) is 30.9 Å². The summed E-state index contributed by atoms with van der Waals surface area (Å²) in [5.74, 6) is -0.281. The number of nitrogens with zero attached hydrogens (tertiary/aromatic N) is 1. The summed E-state index contributed by atoms with van der Waals surface area (Å²) in [5, 5.41) is 5.73. The predicted molar refractivity (Wildman–Crippen MR) is 48.1 cm³/mol. The predicted octanol–water partition coefficient (Wildman–Crippen LogP) is -1.45. The molecule has 1 heterocycles. The maximum Gasteiger partial charge on any atom is 0.243 e. The van der Waals surface area contributed by atoms with Gasteiger partial charge in [-0.3, -0.25) is 19.8 Å². The molecule has 1 atom stereocenters. The molecule has 0 saturated carbocycles. The van der Waals surface area contributed by atoms with Gasteiger partial charge in [-0.25, -0.2) is 0 Å². The zero-order chi connectivity index (χ0) is 9.84. The number of rotatable bonds is 3. The van der Waals surface area contributed by atoms with Crippen molar-refractivity contribution in [3.8, 4) is 0 Å². The van der Waals surface area contributed by atoms with Crippen LogP contribution < -0.4 is 10.6 Å². The lowest BCUT2D eigenvalue weighted by molar-refractivity contribution is -0.146. The molecule has 2 amide bonds. The molecule has 0 bridgehead atoms. The molecule has 1 unspecified atom stereocenters. The molecule has 0 aliphatic carbocycles. The zero-order valence-corrected chi connectivity index (χ0v) is 7.96. The molecule has 0 aromatic carbocycles. The van der Waals surface area contributed by atoms with Gasteiger partial charge in [0, 0.05) is 12.6 Å². The van der Waals surface area contributed by atoms with Crippen LogP contribution in [0.4, 0.5) is 0 Å². The first kappa shape index (κ1) is 10.1. The minimum absolute atomic E-state index is 0.140. The van der Waals surface area contributed by atoms with E-state index in [0.29, 0.717) is 6.54 Å². The van der Waals surface area contributed by atoms with Crippen LogP contribution in [0.5, 0.6) is 0 Å². The Balaban J connectivity index is 2.54. The highest BCUT2D eigenvalue weighted by Crippen LogP contribution is 1.98. The largest absolute Gasteiger partial charge is 0.315 e. The Morgan fingerprint density at radius 2 is 2.00 bits per heavy atom. The lowest BCUT2D eigenvalue weighted by Crippen LogP contribution is -2.55. The second-order valence-corrected chi connectivity index (χ2v) is 3.19. The Labute approximate surface area is 77.5 Å². The topological polar surface area (TPSA) is 61.4 Å². The van der Waals surface area contributed by atoms with Crippen LogP contribution in [0, 0.1) is 0 Å². The Kier molecular flexibility index (Phi) is 3.39. The number of hydrogen-bond acceptors (Lipinski definition) is 4. The summed E-state index contributed by atoms with van der Waals surface area (Å²) in [4.78, 5) is 23.8. The standard InChI is InChI=1S/C8H15N3O2/c1-6(9-2)5-11-7(12)3-10-4-8(11)13/h6,9-10H,3-5H2,1-2H3. The average Bonchev–Trinajstić information content (AvgIpc) is 2.11. The molecule has 1 fully saturated rings. The fraction of sp³-hybridized carbons (Fsp3) is 0.750. The van der Waals surface area contributed by atoms with Crippen molar-refractivity contribution in [2.45, 2.75) is 13.0 Å². The molecule has 13 heavy (non-hydrogen) atoms. The maximum absolute atomic E-state index is 11.3. The molecule has 5 heteroatoms. The van der Waals surface area contributed by atoms with Crippen LogP contribution in [-0.2, 0) is 9.59 Å². The highest BCUT2D eigenvalue weighted by atomic mass is 16.2. The molecular weight excluding hydrogens is 170 g/mol. The average molecular weight is 185 g/mol. The molecule has 1 aliphatic heterocycles. The van der Waals surface area contributed by atoms with Crippen LogP contribution in [0.3, 0.4) is 0 Å². The van der Waals surface area contributed by atoms with Crippen molar-refractivity contribution in [2.75, 3.05) is 26.7 Å². The van der Waals surface area contributed by atoms with E-state index in [0.717, 1.165) is 0 Å². The molecule has 1 aliphatic rings. The minimum atomic E-state index is -0.140. The van der Waals surface area contributed by atoms with Crippen LogP contribution in [0.2, 0.25) is 0 Å². The van der Waals surface area contributed by atoms with Crippen molar-refractivity contribution >= 4 is 11.8 Å². The summed E-state index contributed by atoms with van der Waals surface area (Å²) in [6, 6.07) is 0.144. The lowest BCUT2D eigenvalue weighted by Gasteiger charge is -2.27. The Morgan fingerprint density at radius 3 is 2.46 bits per heavy atom. The van der Waals surface area contributed by atoms with Gasteiger partial charge in [-0.1, -0.05) is 0 Å². The van der Waals surface area contributed by atoms with Gasteiger partial charge in [-0.15, -0.1) is 0 Å². The van der Waals surface area contributed by atoms with E-state index in [1.54, 1.807) is 0 Å². The number of piperazine rings is 1. The number of carbonyl (C=O) groups is 2. The van der Waals surface area contributed by atoms with E-state index in [2.05, 4.69) is 10.6 Å². The molecule has 1 rings (SSSR count). The highest BCUT2D eigenvalue weighted by molar-refractivity contribution is 5.99. The second kappa shape index (κ2) is 4.34. The van der Waals surface area contributed by atoms with Gasteiger partial charge in [0.05, 0.1) is 13.1 Å². The molecule has 5 nitrogen and oxygen atoms in total. The van der Waals surface area contributed by atoms with Crippen molar-refractivity contribution in [1.82, 2.24) is 15.5 Å². The molecule has 0 aromatic heterocycles. The number of nitrogens with one attached hydrogen (secondary N) is 2. The number of imide groups is 1. The van der Waals surface area contributed by atoms with Gasteiger partial charge >= 0.3 is 0 Å². The molecule has 1 saturated heterocycles. The second-order valence-electron chi connectivity index (χ2n) is 3.19. The van der Waals surface area contributed by atoms with Crippen molar-refractivity contribution in [1.29, 1.82) is 0 Å². The van der Waals surface area contributed by atoms with E-state index in [4.69, 9.17) is 0 Å². The first-order valence-corrected chi connectivity index (χ1v) is 4.36. The first-order valence-electron chi connectivity index (χ1n) is 4.36. The fourth-order valence-corrected chi connectivity index (χ4v) is 1.18. The zero-order valence-electron chi connectivity index (χ0n) is 7.96. The molecule has 74 valence electrons. The summed E-state index contributed by atoms with van der Waals surface area (Å²) in [6.45, 7) is 2.92. The van der Waals surface area contributed by atoms with Crippen molar-refractivity contribution in [3.63, 3.8) is 0 Å². The van der Waals surface area contributed by atoms with Crippen LogP contribution in [0.1, 0.15) is 6.92 Å². The van der Waals surface area contributed by atoms with Crippen molar-refractivity contribution in [2.24, 2.45) is 0 Å². The number of likely N-dealkylation sites (N-methyl/N-ethyl adjacent to an activating group) is 1. The van der Waals surface area contributed by atoms with Crippen LogP contribution >= 0.6 is 0 Å². The van der Waals surface area contributed by atoms with Crippen molar-refractivity contribution in [3.05, 3.63) is 0 Å². The summed E-state index contributed by atoms with van der Waals surface area (Å²) >= 11 is 0. The monoisotopic (exact) mass is 185 g/mol. The van der Waals surface area contributed by atoms with Gasteiger partial charge < -0.3 is 5.32 Å². The quantitative estimate of drug-likeness (QED) is 0.528. The Bertz CT molecular complexity index is 201.